The van der Waals surface area contributed by atoms with E-state index in [-0.39, 0.29) is 130 Å². The number of carbonyl (C=O) groups excluding carboxylic acids is 2. The van der Waals surface area contributed by atoms with E-state index in [4.69, 9.17) is 10.2 Å². The maximum Gasteiger partial charge on any atom is 1.00 e. The van der Waals surface area contributed by atoms with Crippen molar-refractivity contribution in [2.24, 2.45) is 0 Å². The normalized spacial score (nSPS) is 9.29. The Morgan fingerprint density at radius 2 is 0.824 bits per heavy atom. The first-order valence-corrected chi connectivity index (χ1v) is 2.24. The Balaban J connectivity index is -0.0000000193. The summed E-state index contributed by atoms with van der Waals surface area (Å²) < 4.78 is 0. The van der Waals surface area contributed by atoms with E-state index in [0.29, 0.717) is 0 Å². The number of carboxylic acid groups (broad SMARTS) is 2. The Morgan fingerprint density at radius 3 is 0.882 bits per heavy atom. The van der Waals surface area contributed by atoms with E-state index in [2.05, 4.69) is 0 Å². The molecule has 2 unspecified atom stereocenters. The topological polar surface area (TPSA) is 278 Å². The zero-order valence-corrected chi connectivity index (χ0v) is 15.4. The summed E-state index contributed by atoms with van der Waals surface area (Å²) >= 11 is 0. The van der Waals surface area contributed by atoms with Crippen molar-refractivity contribution in [1.29, 1.82) is 0 Å². The number of carbonyl (C=O) groups is 2. The van der Waals surface area contributed by atoms with Gasteiger partial charge < -0.3 is 57.4 Å². The van der Waals surface area contributed by atoms with Gasteiger partial charge in [-0.15, -0.1) is 0 Å². The van der Waals surface area contributed by atoms with Crippen LogP contribution >= 0.6 is 0 Å². The van der Waals surface area contributed by atoms with Gasteiger partial charge in [0.1, 0.15) is 12.2 Å². The number of aliphatic hydroxyl groups is 2. The van der Waals surface area contributed by atoms with E-state index < -0.39 is 24.1 Å². The minimum atomic E-state index is -2.44. The Hall–Kier alpha value is 1.93. The monoisotopic (exact) mass is 316 g/mol. The van der Waals surface area contributed by atoms with Crippen LogP contribution in [-0.4, -0.2) is 61.7 Å². The zero-order chi connectivity index (χ0) is 8.31. The molecule has 0 aliphatic rings. The van der Waals surface area contributed by atoms with Crippen LogP contribution in [0.3, 0.4) is 0 Å². The number of hydrogen-bond acceptors (Lipinski definition) is 6. The molecule has 11 nitrogen and oxygen atoms in total. The second kappa shape index (κ2) is 26.5. The number of aliphatic carboxylic acids is 2. The fraction of sp³-hybridized carbons (Fsp3) is 0.500. The van der Waals surface area contributed by atoms with Crippen LogP contribution in [-0.2, 0) is 9.59 Å². The average molecular weight is 316 g/mol. The van der Waals surface area contributed by atoms with Crippen LogP contribution in [0.5, 0.6) is 0 Å². The van der Waals surface area contributed by atoms with Crippen molar-refractivity contribution in [3.63, 3.8) is 0 Å². The van der Waals surface area contributed by atoms with E-state index in [1.54, 1.807) is 0 Å². The van der Waals surface area contributed by atoms with Crippen molar-refractivity contribution in [3.8, 4) is 0 Å². The summed E-state index contributed by atoms with van der Waals surface area (Å²) in [6, 6.07) is 0. The van der Waals surface area contributed by atoms with Gasteiger partial charge >= 0.3 is 103 Å². The van der Waals surface area contributed by atoms with Crippen molar-refractivity contribution in [2.45, 2.75) is 12.2 Å². The molecular weight excluding hydrogens is 302 g/mol. The number of rotatable bonds is 3. The quantitative estimate of drug-likeness (QED) is 0.476. The molecule has 0 radical (unpaired) electrons. The first-order valence-electron chi connectivity index (χ1n) is 2.24. The molecule has 0 spiro atoms. The smallest absolute Gasteiger partial charge is 0.547 e. The molecule has 0 aromatic heterocycles. The molecule has 0 aromatic rings. The molecule has 0 fully saturated rings. The van der Waals surface area contributed by atoms with Crippen molar-refractivity contribution in [3.05, 3.63) is 0 Å². The molecule has 0 saturated heterocycles. The summed E-state index contributed by atoms with van der Waals surface area (Å²) in [5.74, 6) is -4.12. The first-order chi connectivity index (χ1) is 4.46. The third-order valence-electron chi connectivity index (χ3n) is 0.782. The molecule has 98 valence electrons. The Kier molecular flexibility index (Phi) is 79.4. The minimum Gasteiger partial charge on any atom is -0.547 e. The zero-order valence-electron chi connectivity index (χ0n) is 9.18. The number of carboxylic acids is 2. The summed E-state index contributed by atoms with van der Waals surface area (Å²) in [5, 5.41) is 35.7. The molecule has 0 amide bonds. The van der Waals surface area contributed by atoms with Gasteiger partial charge in [-0.3, -0.25) is 0 Å². The summed E-state index contributed by atoms with van der Waals surface area (Å²) in [6.45, 7) is 0. The van der Waals surface area contributed by atoms with Crippen molar-refractivity contribution in [1.82, 2.24) is 0 Å². The van der Waals surface area contributed by atoms with Crippen molar-refractivity contribution in [2.75, 3.05) is 0 Å². The van der Waals surface area contributed by atoms with Crippen LogP contribution in [0.1, 0.15) is 0 Å². The van der Waals surface area contributed by atoms with Crippen LogP contribution in [0.2, 0.25) is 0 Å². The largest absolute Gasteiger partial charge is 1.00 e. The molecule has 0 aliphatic carbocycles. The van der Waals surface area contributed by atoms with Crippen molar-refractivity contribution >= 4 is 11.9 Å². The minimum absolute atomic E-state index is 0. The molecule has 0 aromatic carbocycles. The predicted octanol–water partition coefficient (Wildman–Crippen LogP) is -14.9. The van der Waals surface area contributed by atoms with Crippen molar-refractivity contribution < 1.29 is 160 Å². The van der Waals surface area contributed by atoms with Crippen LogP contribution in [0.4, 0.5) is 0 Å². The second-order valence-electron chi connectivity index (χ2n) is 1.53. The van der Waals surface area contributed by atoms with Gasteiger partial charge in [-0.2, -0.15) is 0 Å². The van der Waals surface area contributed by atoms with Gasteiger partial charge in [0, 0.05) is 0 Å². The van der Waals surface area contributed by atoms with Crippen LogP contribution in [0.25, 0.3) is 0 Å². The third kappa shape index (κ3) is 23.5. The van der Waals surface area contributed by atoms with Gasteiger partial charge in [0.05, 0.1) is 11.9 Å². The molecule has 0 bridgehead atoms. The van der Waals surface area contributed by atoms with Gasteiger partial charge in [0.2, 0.25) is 0 Å². The first kappa shape index (κ1) is 50.9. The van der Waals surface area contributed by atoms with Crippen LogP contribution < -0.4 is 113 Å². The molecular formula is C4H14K2O11. The molecule has 0 saturated carbocycles. The summed E-state index contributed by atoms with van der Waals surface area (Å²) in [6.07, 6.45) is -4.88. The Bertz CT molecular complexity index is 146. The number of hydrogen-bond donors (Lipinski definition) is 2. The summed E-state index contributed by atoms with van der Waals surface area (Å²) in [5.41, 5.74) is 0. The molecule has 13 heteroatoms. The van der Waals surface area contributed by atoms with Gasteiger partial charge in [0.15, 0.2) is 0 Å². The predicted molar refractivity (Wildman–Crippen MR) is 40.1 cm³/mol. The second-order valence-corrected chi connectivity index (χ2v) is 1.53. The molecule has 0 rings (SSSR count). The van der Waals surface area contributed by atoms with Gasteiger partial charge in [-0.1, -0.05) is 0 Å². The maximum atomic E-state index is 9.63. The van der Waals surface area contributed by atoms with E-state index in [1.807, 2.05) is 0 Å². The van der Waals surface area contributed by atoms with Crippen LogP contribution in [0.15, 0.2) is 0 Å². The average Bonchev–Trinajstić information content (AvgIpc) is 1.84. The maximum absolute atomic E-state index is 9.63. The Morgan fingerprint density at radius 1 is 0.706 bits per heavy atom. The van der Waals surface area contributed by atoms with E-state index in [1.165, 1.54) is 0 Å². The summed E-state index contributed by atoms with van der Waals surface area (Å²) in [7, 11) is 0. The standard InChI is InChI=1S/C4H6O6.2K.5H2O/c5-1(3(7)8)2(6)4(9)10;;;;;;;/h1-2,5-6H,(H,7,8)(H,9,10);;;5*1H2/q;2*+1;;;;;/p-2. The third-order valence-corrected chi connectivity index (χ3v) is 0.782. The molecule has 17 heavy (non-hydrogen) atoms. The van der Waals surface area contributed by atoms with E-state index in [9.17, 15) is 19.8 Å². The fourth-order valence-corrected chi connectivity index (χ4v) is 0.258. The molecule has 0 aliphatic heterocycles. The van der Waals surface area contributed by atoms with Gasteiger partial charge in [-0.05, 0) is 0 Å². The SMILES string of the molecule is O.O.O.O.O.O=C([O-])C(O)C(O)C(=O)[O-].[K+].[K+]. The van der Waals surface area contributed by atoms with E-state index in [0.717, 1.165) is 0 Å². The Labute approximate surface area is 181 Å². The summed E-state index contributed by atoms with van der Waals surface area (Å²) in [4.78, 5) is 19.3. The molecule has 0 heterocycles. The number of aliphatic hydroxyl groups excluding tert-OH is 2. The van der Waals surface area contributed by atoms with Gasteiger partial charge in [0.25, 0.3) is 0 Å². The molecule has 12 N–H and O–H groups in total. The van der Waals surface area contributed by atoms with Crippen LogP contribution in [0, 0.1) is 0 Å². The fourth-order valence-electron chi connectivity index (χ4n) is 0.258. The van der Waals surface area contributed by atoms with E-state index >= 15 is 0 Å². The molecule has 2 atom stereocenters. The van der Waals surface area contributed by atoms with Gasteiger partial charge in [-0.25, -0.2) is 0 Å².